The Hall–Kier alpha value is -2.22. The van der Waals surface area contributed by atoms with E-state index < -0.39 is 5.97 Å². The van der Waals surface area contributed by atoms with Gasteiger partial charge < -0.3 is 10.1 Å². The molecule has 0 spiro atoms. The number of aromatic nitrogens is 2. The highest BCUT2D eigenvalue weighted by Crippen LogP contribution is 2.25. The summed E-state index contributed by atoms with van der Waals surface area (Å²) in [7, 11) is 0. The van der Waals surface area contributed by atoms with Crippen LogP contribution in [0.1, 0.15) is 43.0 Å². The number of amides is 1. The third kappa shape index (κ3) is 4.37. The third-order valence-corrected chi connectivity index (χ3v) is 6.39. The van der Waals surface area contributed by atoms with Gasteiger partial charge in [0.25, 0.3) is 11.5 Å². The maximum absolute atomic E-state index is 12.6. The van der Waals surface area contributed by atoms with E-state index in [-0.39, 0.29) is 30.7 Å². The van der Waals surface area contributed by atoms with E-state index in [1.54, 1.807) is 0 Å². The van der Waals surface area contributed by atoms with Crippen LogP contribution in [-0.4, -0.2) is 34.1 Å². The van der Waals surface area contributed by atoms with E-state index in [2.05, 4.69) is 17.2 Å². The molecule has 0 aromatic carbocycles. The summed E-state index contributed by atoms with van der Waals surface area (Å²) in [4.78, 5) is 42.6. The molecule has 0 saturated heterocycles. The molecule has 0 unspecified atom stereocenters. The molecule has 0 aliphatic heterocycles. The molecule has 3 rings (SSSR count). The molecule has 146 valence electrons. The van der Waals surface area contributed by atoms with Gasteiger partial charge in [-0.15, -0.1) is 11.3 Å². The van der Waals surface area contributed by atoms with Crippen LogP contribution in [0.15, 0.2) is 11.1 Å². The lowest BCUT2D eigenvalue weighted by atomic mass is 9.86. The van der Waals surface area contributed by atoms with Crippen molar-refractivity contribution in [2.75, 3.05) is 6.61 Å². The molecule has 2 aromatic heterocycles. The normalized spacial score (nSPS) is 19.8. The predicted octanol–water partition coefficient (Wildman–Crippen LogP) is 2.31. The summed E-state index contributed by atoms with van der Waals surface area (Å²) in [5.74, 6) is -0.492. The zero-order valence-corrected chi connectivity index (χ0v) is 16.7. The quantitative estimate of drug-likeness (QED) is 0.790. The van der Waals surface area contributed by atoms with Gasteiger partial charge in [-0.25, -0.2) is 4.98 Å². The lowest BCUT2D eigenvalue weighted by Gasteiger charge is -2.29. The van der Waals surface area contributed by atoms with Crippen LogP contribution in [0.2, 0.25) is 0 Å². The van der Waals surface area contributed by atoms with Crippen LogP contribution in [-0.2, 0) is 20.9 Å². The fraction of sp³-hybridized carbons (Fsp3) is 0.579. The Morgan fingerprint density at radius 1 is 1.33 bits per heavy atom. The Balaban J connectivity index is 1.57. The van der Waals surface area contributed by atoms with Gasteiger partial charge in [0.1, 0.15) is 11.4 Å². The number of carbonyl (C=O) groups is 2. The molecule has 1 aliphatic carbocycles. The van der Waals surface area contributed by atoms with Crippen molar-refractivity contribution in [3.63, 3.8) is 0 Å². The minimum atomic E-state index is -0.630. The summed E-state index contributed by atoms with van der Waals surface area (Å²) >= 11 is 1.46. The van der Waals surface area contributed by atoms with Gasteiger partial charge in [-0.1, -0.05) is 19.8 Å². The molecule has 1 saturated carbocycles. The fourth-order valence-electron chi connectivity index (χ4n) is 3.49. The first-order valence-electron chi connectivity index (χ1n) is 9.27. The van der Waals surface area contributed by atoms with Crippen LogP contribution in [0.4, 0.5) is 0 Å². The molecule has 0 radical (unpaired) electrons. The van der Waals surface area contributed by atoms with Gasteiger partial charge >= 0.3 is 5.97 Å². The van der Waals surface area contributed by atoms with E-state index in [9.17, 15) is 14.4 Å². The van der Waals surface area contributed by atoms with Crippen LogP contribution >= 0.6 is 11.3 Å². The fourth-order valence-corrected chi connectivity index (χ4v) is 4.48. The first-order chi connectivity index (χ1) is 12.9. The second kappa shape index (κ2) is 8.21. The molecule has 2 atom stereocenters. The monoisotopic (exact) mass is 391 g/mol. The maximum Gasteiger partial charge on any atom is 0.326 e. The number of fused-ring (bicyclic) bond motifs is 1. The van der Waals surface area contributed by atoms with Crippen LogP contribution in [0.5, 0.6) is 0 Å². The molecule has 8 heteroatoms. The largest absolute Gasteiger partial charge is 0.454 e. The zero-order valence-electron chi connectivity index (χ0n) is 15.9. The topological polar surface area (TPSA) is 90.3 Å². The molecule has 1 N–H and O–H groups in total. The average Bonchev–Trinajstić information content (AvgIpc) is 2.92. The van der Waals surface area contributed by atoms with Crippen molar-refractivity contribution < 1.29 is 14.3 Å². The van der Waals surface area contributed by atoms with Crippen molar-refractivity contribution in [1.82, 2.24) is 14.9 Å². The number of esters is 1. The Bertz CT molecular complexity index is 918. The second-order valence-corrected chi connectivity index (χ2v) is 8.44. The van der Waals surface area contributed by atoms with E-state index >= 15 is 0 Å². The molecule has 7 nitrogen and oxygen atoms in total. The first kappa shape index (κ1) is 19.5. The van der Waals surface area contributed by atoms with Crippen LogP contribution in [0, 0.1) is 19.8 Å². The van der Waals surface area contributed by atoms with Crippen molar-refractivity contribution in [3.8, 4) is 0 Å². The highest BCUT2D eigenvalue weighted by molar-refractivity contribution is 7.18. The molecular weight excluding hydrogens is 366 g/mol. The molecule has 1 amide bonds. The summed E-state index contributed by atoms with van der Waals surface area (Å²) in [6, 6.07) is 0.143. The van der Waals surface area contributed by atoms with Crippen molar-refractivity contribution in [2.24, 2.45) is 5.92 Å². The average molecular weight is 391 g/mol. The van der Waals surface area contributed by atoms with Gasteiger partial charge in [0.05, 0.1) is 11.7 Å². The smallest absolute Gasteiger partial charge is 0.326 e. The molecule has 1 fully saturated rings. The molecule has 2 aromatic rings. The summed E-state index contributed by atoms with van der Waals surface area (Å²) in [6.45, 7) is 5.34. The number of hydrogen-bond acceptors (Lipinski definition) is 6. The first-order valence-corrected chi connectivity index (χ1v) is 10.1. The maximum atomic E-state index is 12.6. The number of nitrogens with zero attached hydrogens (tertiary/aromatic N) is 2. The van der Waals surface area contributed by atoms with Crippen molar-refractivity contribution in [3.05, 3.63) is 27.1 Å². The minimum absolute atomic E-state index is 0.143. The lowest BCUT2D eigenvalue weighted by Crippen LogP contribution is -2.43. The van der Waals surface area contributed by atoms with E-state index in [0.29, 0.717) is 16.1 Å². The van der Waals surface area contributed by atoms with Gasteiger partial charge in [-0.3, -0.25) is 19.0 Å². The van der Waals surface area contributed by atoms with E-state index in [1.165, 1.54) is 28.7 Å². The summed E-state index contributed by atoms with van der Waals surface area (Å²) in [5, 5.41) is 3.48. The zero-order chi connectivity index (χ0) is 19.6. The number of thiophene rings is 1. The van der Waals surface area contributed by atoms with Gasteiger partial charge in [-0.2, -0.15) is 0 Å². The molecule has 0 bridgehead atoms. The van der Waals surface area contributed by atoms with Crippen molar-refractivity contribution >= 4 is 33.4 Å². The highest BCUT2D eigenvalue weighted by Gasteiger charge is 2.23. The van der Waals surface area contributed by atoms with Gasteiger partial charge in [0.15, 0.2) is 6.61 Å². The van der Waals surface area contributed by atoms with E-state index in [4.69, 9.17) is 4.74 Å². The number of ether oxygens (including phenoxy) is 1. The number of hydrogen-bond donors (Lipinski definition) is 1. The van der Waals surface area contributed by atoms with Gasteiger partial charge in [0, 0.05) is 10.9 Å². The number of rotatable bonds is 5. The molecule has 1 aliphatic rings. The minimum Gasteiger partial charge on any atom is -0.454 e. The number of nitrogens with one attached hydrogen (secondary N) is 1. The van der Waals surface area contributed by atoms with E-state index in [0.717, 1.165) is 29.7 Å². The number of carbonyl (C=O) groups excluding carboxylic acids is 2. The SMILES string of the molecule is Cc1sc2ncn(CC(=O)OCC(=O)N[C@@H]3CCCC[C@H]3C)c(=O)c2c1C. The molecule has 27 heavy (non-hydrogen) atoms. The van der Waals surface area contributed by atoms with Crippen LogP contribution in [0.25, 0.3) is 10.2 Å². The number of aryl methyl sites for hydroxylation is 2. The Morgan fingerprint density at radius 2 is 2.07 bits per heavy atom. The predicted molar refractivity (Wildman–Crippen MR) is 104 cm³/mol. The van der Waals surface area contributed by atoms with Crippen molar-refractivity contribution in [2.45, 2.75) is 59.0 Å². The lowest BCUT2D eigenvalue weighted by molar-refractivity contribution is -0.149. The summed E-state index contributed by atoms with van der Waals surface area (Å²) < 4.78 is 6.28. The van der Waals surface area contributed by atoms with Gasteiger partial charge in [-0.05, 0) is 38.2 Å². The highest BCUT2D eigenvalue weighted by atomic mass is 32.1. The van der Waals surface area contributed by atoms with Gasteiger partial charge in [0.2, 0.25) is 0 Å². The molecule has 2 heterocycles. The van der Waals surface area contributed by atoms with Crippen LogP contribution in [0.3, 0.4) is 0 Å². The Labute approximate surface area is 161 Å². The Morgan fingerprint density at radius 3 is 2.81 bits per heavy atom. The summed E-state index contributed by atoms with van der Waals surface area (Å²) in [5.41, 5.74) is 0.621. The van der Waals surface area contributed by atoms with E-state index in [1.807, 2.05) is 13.8 Å². The Kier molecular flexibility index (Phi) is 5.94. The van der Waals surface area contributed by atoms with Crippen LogP contribution < -0.4 is 10.9 Å². The summed E-state index contributed by atoms with van der Waals surface area (Å²) in [6.07, 6.45) is 5.71. The van der Waals surface area contributed by atoms with Crippen molar-refractivity contribution in [1.29, 1.82) is 0 Å². The third-order valence-electron chi connectivity index (χ3n) is 5.28. The second-order valence-electron chi connectivity index (χ2n) is 7.24. The molecular formula is C19H25N3O4S. The standard InChI is InChI=1S/C19H25N3O4S/c1-11-6-4-5-7-14(11)21-15(23)9-26-16(24)8-22-10-20-18-17(19(22)25)12(2)13(3)27-18/h10-11,14H,4-9H2,1-3H3,(H,21,23)/t11-,14-/m1/s1.